The molecule has 0 aromatic carbocycles. The van der Waals surface area contributed by atoms with Gasteiger partial charge in [-0.15, -0.1) is 0 Å². The van der Waals surface area contributed by atoms with E-state index in [9.17, 15) is 13.5 Å². The number of sulfonamides is 1. The van der Waals surface area contributed by atoms with Gasteiger partial charge in [0.1, 0.15) is 11.5 Å². The molecular weight excluding hydrogens is 290 g/mol. The first-order valence-electron chi connectivity index (χ1n) is 7.39. The Morgan fingerprint density at radius 1 is 1.33 bits per heavy atom. The topological polar surface area (TPSA) is 70.8 Å². The van der Waals surface area contributed by atoms with Gasteiger partial charge in [-0.1, -0.05) is 0 Å². The third-order valence-electron chi connectivity index (χ3n) is 4.46. The maximum atomic E-state index is 11.6. The monoisotopic (exact) mass is 315 g/mol. The lowest BCUT2D eigenvalue weighted by molar-refractivity contribution is 0.121. The van der Waals surface area contributed by atoms with Gasteiger partial charge < -0.3 is 9.52 Å². The summed E-state index contributed by atoms with van der Waals surface area (Å²) in [7, 11) is -3.14. The summed E-state index contributed by atoms with van der Waals surface area (Å²) in [5.41, 5.74) is 1.86. The zero-order chi connectivity index (χ0) is 15.8. The highest BCUT2D eigenvalue weighted by Crippen LogP contribution is 2.33. The molecule has 0 radical (unpaired) electrons. The summed E-state index contributed by atoms with van der Waals surface area (Å²) in [5, 5.41) is 10.5. The fourth-order valence-corrected chi connectivity index (χ4v) is 4.20. The van der Waals surface area contributed by atoms with E-state index in [2.05, 4.69) is 0 Å². The van der Waals surface area contributed by atoms with E-state index in [-0.39, 0.29) is 5.92 Å². The van der Waals surface area contributed by atoms with Gasteiger partial charge in [0.05, 0.1) is 12.4 Å². The lowest BCUT2D eigenvalue weighted by Crippen LogP contribution is -2.39. The summed E-state index contributed by atoms with van der Waals surface area (Å²) in [5.74, 6) is 1.79. The smallest absolute Gasteiger partial charge is 0.211 e. The van der Waals surface area contributed by atoms with Crippen molar-refractivity contribution in [1.29, 1.82) is 0 Å². The molecular formula is C15H25NO4S. The van der Waals surface area contributed by atoms with E-state index in [0.717, 1.165) is 35.5 Å². The number of aliphatic hydroxyl groups is 1. The van der Waals surface area contributed by atoms with Gasteiger partial charge in [0.2, 0.25) is 10.0 Å². The summed E-state index contributed by atoms with van der Waals surface area (Å²) < 4.78 is 30.4. The molecule has 1 aliphatic rings. The van der Waals surface area contributed by atoms with Gasteiger partial charge in [-0.05, 0) is 51.5 Å². The second kappa shape index (κ2) is 6.10. The van der Waals surface area contributed by atoms with E-state index in [1.54, 1.807) is 0 Å². The van der Waals surface area contributed by atoms with Gasteiger partial charge in [0, 0.05) is 18.7 Å². The van der Waals surface area contributed by atoms with Crippen LogP contribution < -0.4 is 0 Å². The summed E-state index contributed by atoms with van der Waals surface area (Å²) in [6, 6.07) is 0. The number of rotatable bonds is 4. The Morgan fingerprint density at radius 3 is 2.52 bits per heavy atom. The van der Waals surface area contributed by atoms with Crippen LogP contribution in [0.25, 0.3) is 0 Å². The molecule has 2 atom stereocenters. The molecule has 6 heteroatoms. The predicted molar refractivity (Wildman–Crippen MR) is 81.6 cm³/mol. The van der Waals surface area contributed by atoms with Crippen LogP contribution in [0.1, 0.15) is 48.0 Å². The van der Waals surface area contributed by atoms with Crippen molar-refractivity contribution in [2.75, 3.05) is 19.3 Å². The minimum absolute atomic E-state index is 0.192. The number of aryl methyl sites for hydroxylation is 2. The Hall–Kier alpha value is -0.850. The van der Waals surface area contributed by atoms with Gasteiger partial charge in [0.15, 0.2) is 0 Å². The van der Waals surface area contributed by atoms with E-state index in [4.69, 9.17) is 4.42 Å². The Balaban J connectivity index is 2.07. The Bertz CT molecular complexity index is 605. The molecule has 2 rings (SSSR count). The summed E-state index contributed by atoms with van der Waals surface area (Å²) >= 11 is 0. The van der Waals surface area contributed by atoms with E-state index in [1.807, 2.05) is 20.8 Å². The molecule has 1 aliphatic heterocycles. The second-order valence-corrected chi connectivity index (χ2v) is 8.12. The normalized spacial score (nSPS) is 22.4. The van der Waals surface area contributed by atoms with Crippen molar-refractivity contribution in [2.24, 2.45) is 5.92 Å². The fraction of sp³-hybridized carbons (Fsp3) is 0.733. The van der Waals surface area contributed by atoms with Crippen molar-refractivity contribution in [1.82, 2.24) is 4.31 Å². The lowest BCUT2D eigenvalue weighted by Gasteiger charge is -2.32. The van der Waals surface area contributed by atoms with Crippen LogP contribution in [-0.4, -0.2) is 37.2 Å². The molecule has 0 aliphatic carbocycles. The fourth-order valence-electron chi connectivity index (χ4n) is 3.25. The number of aliphatic hydroxyl groups excluding tert-OH is 1. The minimum atomic E-state index is -3.14. The maximum Gasteiger partial charge on any atom is 0.211 e. The highest BCUT2D eigenvalue weighted by Gasteiger charge is 2.29. The molecule has 5 nitrogen and oxygen atoms in total. The van der Waals surface area contributed by atoms with Crippen molar-refractivity contribution < 1.29 is 17.9 Å². The third-order valence-corrected chi connectivity index (χ3v) is 5.73. The zero-order valence-electron chi connectivity index (χ0n) is 13.2. The lowest BCUT2D eigenvalue weighted by atomic mass is 9.90. The molecule has 1 saturated heterocycles. The molecule has 0 amide bonds. The molecule has 2 unspecified atom stereocenters. The van der Waals surface area contributed by atoms with Crippen LogP contribution in [0.5, 0.6) is 0 Å². The Kier molecular flexibility index (Phi) is 4.80. The predicted octanol–water partition coefficient (Wildman–Crippen LogP) is 2.30. The summed E-state index contributed by atoms with van der Waals surface area (Å²) in [6.45, 7) is 6.81. The van der Waals surface area contributed by atoms with Gasteiger partial charge in [0.25, 0.3) is 0 Å². The van der Waals surface area contributed by atoms with E-state index in [1.165, 1.54) is 10.6 Å². The second-order valence-electron chi connectivity index (χ2n) is 6.13. The molecule has 0 saturated carbocycles. The third kappa shape index (κ3) is 3.67. The van der Waals surface area contributed by atoms with Crippen LogP contribution in [0, 0.1) is 26.7 Å². The van der Waals surface area contributed by atoms with Crippen molar-refractivity contribution in [3.05, 3.63) is 22.6 Å². The largest absolute Gasteiger partial charge is 0.466 e. The van der Waals surface area contributed by atoms with Crippen LogP contribution in [0.2, 0.25) is 0 Å². The molecule has 1 N–H and O–H groups in total. The van der Waals surface area contributed by atoms with Crippen LogP contribution >= 0.6 is 0 Å². The first-order valence-corrected chi connectivity index (χ1v) is 9.24. The molecule has 1 fully saturated rings. The molecule has 0 spiro atoms. The quantitative estimate of drug-likeness (QED) is 0.925. The van der Waals surface area contributed by atoms with Crippen LogP contribution in [0.4, 0.5) is 0 Å². The van der Waals surface area contributed by atoms with Crippen molar-refractivity contribution in [3.63, 3.8) is 0 Å². The Labute approximate surface area is 127 Å². The highest BCUT2D eigenvalue weighted by molar-refractivity contribution is 7.88. The minimum Gasteiger partial charge on any atom is -0.466 e. The number of hydrogen-bond donors (Lipinski definition) is 1. The zero-order valence-corrected chi connectivity index (χ0v) is 14.0. The molecule has 2 heterocycles. The van der Waals surface area contributed by atoms with Crippen LogP contribution in [0.15, 0.2) is 4.42 Å². The van der Waals surface area contributed by atoms with Crippen molar-refractivity contribution in [2.45, 2.75) is 46.1 Å². The molecule has 120 valence electrons. The van der Waals surface area contributed by atoms with E-state index >= 15 is 0 Å². The van der Waals surface area contributed by atoms with Gasteiger partial charge in [-0.2, -0.15) is 0 Å². The number of nitrogens with zero attached hydrogens (tertiary/aromatic N) is 1. The standard InChI is InChI=1S/C15H25NO4S/c1-10-11(2)20-12(3)15(10)14(17)8-13-6-5-7-16(9-13)21(4,18)19/h13-14,17H,5-9H2,1-4H3. The number of furan rings is 1. The molecule has 0 bridgehead atoms. The molecule has 21 heavy (non-hydrogen) atoms. The SMILES string of the molecule is Cc1oc(C)c(C(O)CC2CCCN(S(C)(=O)=O)C2)c1C. The van der Waals surface area contributed by atoms with Crippen molar-refractivity contribution >= 4 is 10.0 Å². The number of hydrogen-bond acceptors (Lipinski definition) is 4. The van der Waals surface area contributed by atoms with Gasteiger partial charge in [-0.3, -0.25) is 0 Å². The molecule has 1 aromatic heterocycles. The van der Waals surface area contributed by atoms with Crippen molar-refractivity contribution in [3.8, 4) is 0 Å². The average Bonchev–Trinajstić information content (AvgIpc) is 2.62. The average molecular weight is 315 g/mol. The van der Waals surface area contributed by atoms with E-state index in [0.29, 0.717) is 19.5 Å². The highest BCUT2D eigenvalue weighted by atomic mass is 32.2. The van der Waals surface area contributed by atoms with E-state index < -0.39 is 16.1 Å². The van der Waals surface area contributed by atoms with Crippen LogP contribution in [-0.2, 0) is 10.0 Å². The van der Waals surface area contributed by atoms with Gasteiger partial charge >= 0.3 is 0 Å². The molecule has 1 aromatic rings. The van der Waals surface area contributed by atoms with Crippen LogP contribution in [0.3, 0.4) is 0 Å². The van der Waals surface area contributed by atoms with Gasteiger partial charge in [-0.25, -0.2) is 12.7 Å². The Morgan fingerprint density at radius 2 is 2.00 bits per heavy atom. The first-order chi connectivity index (χ1) is 9.70. The first kappa shape index (κ1) is 16.5. The summed E-state index contributed by atoms with van der Waals surface area (Å²) in [4.78, 5) is 0. The maximum absolute atomic E-state index is 11.6. The number of piperidine rings is 1. The summed E-state index contributed by atoms with van der Waals surface area (Å²) in [6.07, 6.45) is 3.05.